The van der Waals surface area contributed by atoms with Gasteiger partial charge in [-0.15, -0.1) is 0 Å². The maximum atomic E-state index is 13.0. The molecule has 1 N–H and O–H groups in total. The van der Waals surface area contributed by atoms with Crippen LogP contribution in [0.1, 0.15) is 26.5 Å². The molecule has 0 bridgehead atoms. The van der Waals surface area contributed by atoms with Crippen molar-refractivity contribution in [3.8, 4) is 0 Å². The van der Waals surface area contributed by atoms with Crippen molar-refractivity contribution < 1.29 is 18.7 Å². The Morgan fingerprint density at radius 1 is 1.00 bits per heavy atom. The van der Waals surface area contributed by atoms with Gasteiger partial charge in [0.25, 0.3) is 11.8 Å². The molecule has 2 aromatic carbocycles. The van der Waals surface area contributed by atoms with Crippen LogP contribution in [0, 0.1) is 6.92 Å². The number of para-hydroxylation sites is 1. The van der Waals surface area contributed by atoms with E-state index in [1.165, 1.54) is 0 Å². The zero-order valence-corrected chi connectivity index (χ0v) is 15.0. The fourth-order valence-corrected chi connectivity index (χ4v) is 3.24. The number of nitrogens with zero attached hydrogens (tertiary/aromatic N) is 1. The van der Waals surface area contributed by atoms with Gasteiger partial charge in [0, 0.05) is 24.0 Å². The minimum absolute atomic E-state index is 0.153. The highest BCUT2D eigenvalue weighted by molar-refractivity contribution is 6.14. The normalized spacial score (nSPS) is 14.3. The standard InChI is InChI=1S/C21H20N2O4/c1-14-6-2-3-7-15(14)20(24)22-18-16-8-4-5-9-17(16)27-19(18)21(25)23-10-12-26-13-11-23/h2-9H,10-13H2,1H3,(H,22,24). The van der Waals surface area contributed by atoms with E-state index in [2.05, 4.69) is 5.32 Å². The third kappa shape index (κ3) is 3.31. The number of carbonyl (C=O) groups excluding carboxylic acids is 2. The van der Waals surface area contributed by atoms with E-state index in [4.69, 9.17) is 9.15 Å². The number of carbonyl (C=O) groups is 2. The average Bonchev–Trinajstić information content (AvgIpc) is 3.07. The van der Waals surface area contributed by atoms with Gasteiger partial charge in [-0.3, -0.25) is 9.59 Å². The molecule has 1 saturated heterocycles. The molecular formula is C21H20N2O4. The Morgan fingerprint density at radius 3 is 2.48 bits per heavy atom. The molecule has 2 amide bonds. The maximum absolute atomic E-state index is 13.0. The van der Waals surface area contributed by atoms with E-state index in [0.717, 1.165) is 5.56 Å². The van der Waals surface area contributed by atoms with Crippen molar-refractivity contribution in [1.29, 1.82) is 0 Å². The second-order valence-electron chi connectivity index (χ2n) is 6.48. The molecule has 0 atom stereocenters. The number of morpholine rings is 1. The molecule has 4 rings (SSSR count). The second kappa shape index (κ2) is 7.25. The van der Waals surface area contributed by atoms with Crippen molar-refractivity contribution in [2.24, 2.45) is 0 Å². The van der Waals surface area contributed by atoms with Crippen molar-refractivity contribution in [2.75, 3.05) is 31.6 Å². The minimum atomic E-state index is -0.268. The summed E-state index contributed by atoms with van der Waals surface area (Å²) in [6.07, 6.45) is 0. The lowest BCUT2D eigenvalue weighted by Gasteiger charge is -2.26. The summed E-state index contributed by atoms with van der Waals surface area (Å²) in [7, 11) is 0. The van der Waals surface area contributed by atoms with Gasteiger partial charge >= 0.3 is 0 Å². The van der Waals surface area contributed by atoms with Crippen LogP contribution in [0.3, 0.4) is 0 Å². The van der Waals surface area contributed by atoms with Crippen molar-refractivity contribution in [1.82, 2.24) is 4.90 Å². The Hall–Kier alpha value is -3.12. The topological polar surface area (TPSA) is 71.8 Å². The average molecular weight is 364 g/mol. The van der Waals surface area contributed by atoms with Crippen LogP contribution in [0.2, 0.25) is 0 Å². The number of ether oxygens (including phenoxy) is 1. The lowest BCUT2D eigenvalue weighted by molar-refractivity contribution is 0.0285. The predicted octanol–water partition coefficient (Wildman–Crippen LogP) is 3.47. The highest BCUT2D eigenvalue weighted by Gasteiger charge is 2.27. The van der Waals surface area contributed by atoms with Gasteiger partial charge in [0.05, 0.1) is 13.2 Å². The Morgan fingerprint density at radius 2 is 1.70 bits per heavy atom. The number of rotatable bonds is 3. The zero-order valence-electron chi connectivity index (χ0n) is 15.0. The fraction of sp³-hybridized carbons (Fsp3) is 0.238. The van der Waals surface area contributed by atoms with E-state index in [1.54, 1.807) is 17.0 Å². The number of furan rings is 1. The lowest BCUT2D eigenvalue weighted by atomic mass is 10.1. The fourth-order valence-electron chi connectivity index (χ4n) is 3.24. The lowest BCUT2D eigenvalue weighted by Crippen LogP contribution is -2.40. The van der Waals surface area contributed by atoms with Crippen molar-refractivity contribution in [2.45, 2.75) is 6.92 Å². The highest BCUT2D eigenvalue weighted by Crippen LogP contribution is 2.32. The first-order valence-corrected chi connectivity index (χ1v) is 8.90. The summed E-state index contributed by atoms with van der Waals surface area (Å²) < 4.78 is 11.2. The Bertz CT molecular complexity index is 1000. The molecule has 0 radical (unpaired) electrons. The first-order valence-electron chi connectivity index (χ1n) is 8.90. The molecule has 1 aliphatic rings. The summed E-state index contributed by atoms with van der Waals surface area (Å²) >= 11 is 0. The van der Waals surface area contributed by atoms with Crippen LogP contribution in [0.4, 0.5) is 5.69 Å². The van der Waals surface area contributed by atoms with Gasteiger partial charge in [-0.1, -0.05) is 30.3 Å². The molecule has 2 heterocycles. The minimum Gasteiger partial charge on any atom is -0.449 e. The van der Waals surface area contributed by atoms with Crippen LogP contribution in [-0.2, 0) is 4.74 Å². The SMILES string of the molecule is Cc1ccccc1C(=O)Nc1c(C(=O)N2CCOCC2)oc2ccccc12. The molecule has 27 heavy (non-hydrogen) atoms. The smallest absolute Gasteiger partial charge is 0.291 e. The summed E-state index contributed by atoms with van der Waals surface area (Å²) in [5.41, 5.74) is 2.40. The maximum Gasteiger partial charge on any atom is 0.291 e. The summed E-state index contributed by atoms with van der Waals surface area (Å²) in [6, 6.07) is 14.6. The third-order valence-electron chi connectivity index (χ3n) is 4.72. The monoisotopic (exact) mass is 364 g/mol. The van der Waals surface area contributed by atoms with E-state index in [-0.39, 0.29) is 17.6 Å². The first kappa shape index (κ1) is 17.3. The number of hydrogen-bond donors (Lipinski definition) is 1. The number of fused-ring (bicyclic) bond motifs is 1. The predicted molar refractivity (Wildman–Crippen MR) is 102 cm³/mol. The van der Waals surface area contributed by atoms with Gasteiger partial charge in [0.2, 0.25) is 5.76 Å². The van der Waals surface area contributed by atoms with Gasteiger partial charge in [-0.2, -0.15) is 0 Å². The first-order chi connectivity index (χ1) is 13.1. The quantitative estimate of drug-likeness (QED) is 0.772. The number of nitrogens with one attached hydrogen (secondary N) is 1. The number of aryl methyl sites for hydroxylation is 1. The van der Waals surface area contributed by atoms with Crippen molar-refractivity contribution in [3.05, 3.63) is 65.4 Å². The van der Waals surface area contributed by atoms with Crippen molar-refractivity contribution >= 4 is 28.5 Å². The molecular weight excluding hydrogens is 344 g/mol. The van der Waals surface area contributed by atoms with Crippen LogP contribution >= 0.6 is 0 Å². The second-order valence-corrected chi connectivity index (χ2v) is 6.48. The molecule has 1 aromatic heterocycles. The van der Waals surface area contributed by atoms with E-state index in [0.29, 0.717) is 48.5 Å². The molecule has 3 aromatic rings. The molecule has 1 fully saturated rings. The summed E-state index contributed by atoms with van der Waals surface area (Å²) in [4.78, 5) is 27.5. The van der Waals surface area contributed by atoms with Crippen LogP contribution in [0.15, 0.2) is 52.9 Å². The molecule has 6 nitrogen and oxygen atoms in total. The van der Waals surface area contributed by atoms with E-state index >= 15 is 0 Å². The molecule has 6 heteroatoms. The number of anilines is 1. The summed E-state index contributed by atoms with van der Waals surface area (Å²) in [6.45, 7) is 3.87. The van der Waals surface area contributed by atoms with Gasteiger partial charge in [-0.25, -0.2) is 0 Å². The molecule has 138 valence electrons. The molecule has 0 unspecified atom stereocenters. The largest absolute Gasteiger partial charge is 0.449 e. The number of hydrogen-bond acceptors (Lipinski definition) is 4. The number of benzene rings is 2. The van der Waals surface area contributed by atoms with Crippen LogP contribution < -0.4 is 5.32 Å². The summed E-state index contributed by atoms with van der Waals surface area (Å²) in [5.74, 6) is -0.356. The molecule has 0 saturated carbocycles. The molecule has 0 spiro atoms. The molecule has 0 aliphatic carbocycles. The third-order valence-corrected chi connectivity index (χ3v) is 4.72. The van der Waals surface area contributed by atoms with Crippen LogP contribution in [-0.4, -0.2) is 43.0 Å². The van der Waals surface area contributed by atoms with Gasteiger partial charge < -0.3 is 19.4 Å². The Balaban J connectivity index is 1.73. The number of amides is 2. The van der Waals surface area contributed by atoms with Gasteiger partial charge in [0.15, 0.2) is 0 Å². The van der Waals surface area contributed by atoms with Crippen molar-refractivity contribution in [3.63, 3.8) is 0 Å². The van der Waals surface area contributed by atoms with Crippen LogP contribution in [0.25, 0.3) is 11.0 Å². The zero-order chi connectivity index (χ0) is 18.8. The van der Waals surface area contributed by atoms with Gasteiger partial charge in [-0.05, 0) is 30.7 Å². The Kier molecular flexibility index (Phi) is 4.64. The van der Waals surface area contributed by atoms with E-state index in [1.807, 2.05) is 43.3 Å². The van der Waals surface area contributed by atoms with E-state index < -0.39 is 0 Å². The summed E-state index contributed by atoms with van der Waals surface area (Å²) in [5, 5.41) is 3.60. The van der Waals surface area contributed by atoms with Gasteiger partial charge in [0.1, 0.15) is 11.3 Å². The highest BCUT2D eigenvalue weighted by atomic mass is 16.5. The molecule has 1 aliphatic heterocycles. The van der Waals surface area contributed by atoms with E-state index in [9.17, 15) is 9.59 Å². The van der Waals surface area contributed by atoms with Crippen LogP contribution in [0.5, 0.6) is 0 Å². The Labute approximate surface area is 156 Å².